The number of nitrogens with zero attached hydrogens (tertiary/aromatic N) is 2. The zero-order chi connectivity index (χ0) is 19.4. The lowest BCUT2D eigenvalue weighted by molar-refractivity contribution is -0.143. The zero-order valence-corrected chi connectivity index (χ0v) is 14.4. The molecule has 0 aliphatic carbocycles. The van der Waals surface area contributed by atoms with E-state index in [-0.39, 0.29) is 11.3 Å². The number of rotatable bonds is 4. The first-order valence-corrected chi connectivity index (χ1v) is 8.52. The van der Waals surface area contributed by atoms with Gasteiger partial charge in [-0.1, -0.05) is 6.07 Å². The molecule has 2 amide bonds. The van der Waals surface area contributed by atoms with E-state index in [4.69, 9.17) is 0 Å². The fourth-order valence-electron chi connectivity index (χ4n) is 3.03. The Morgan fingerprint density at radius 2 is 2.00 bits per heavy atom. The fraction of sp³-hybridized carbons (Fsp3) is 0.263. The van der Waals surface area contributed by atoms with Crippen LogP contribution in [0.1, 0.15) is 40.1 Å². The van der Waals surface area contributed by atoms with Gasteiger partial charge >= 0.3 is 5.97 Å². The van der Waals surface area contributed by atoms with Gasteiger partial charge in [-0.2, -0.15) is 0 Å². The molecule has 0 spiro atoms. The molecular weight excluding hydrogens is 353 g/mol. The van der Waals surface area contributed by atoms with Crippen molar-refractivity contribution in [3.63, 3.8) is 0 Å². The van der Waals surface area contributed by atoms with Crippen LogP contribution in [0.5, 0.6) is 0 Å². The summed E-state index contributed by atoms with van der Waals surface area (Å²) in [5, 5.41) is 11.9. The number of hydrogen-bond acceptors (Lipinski definition) is 4. The lowest BCUT2D eigenvalue weighted by Gasteiger charge is -2.33. The largest absolute Gasteiger partial charge is 0.480 e. The Labute approximate surface area is 154 Å². The molecule has 8 heteroatoms. The number of carboxylic acids is 1. The molecule has 140 valence electrons. The van der Waals surface area contributed by atoms with E-state index in [0.717, 1.165) is 25.1 Å². The van der Waals surface area contributed by atoms with Crippen LogP contribution in [0.4, 0.5) is 10.1 Å². The topological polar surface area (TPSA) is 99.6 Å². The lowest BCUT2D eigenvalue weighted by atomic mass is 10.0. The van der Waals surface area contributed by atoms with Gasteiger partial charge in [0.2, 0.25) is 0 Å². The van der Waals surface area contributed by atoms with Gasteiger partial charge in [0, 0.05) is 17.8 Å². The lowest BCUT2D eigenvalue weighted by Crippen LogP contribution is -2.48. The van der Waals surface area contributed by atoms with Gasteiger partial charge in [0.15, 0.2) is 0 Å². The summed E-state index contributed by atoms with van der Waals surface area (Å²) in [5.74, 6) is -2.50. The average molecular weight is 371 g/mol. The van der Waals surface area contributed by atoms with Gasteiger partial charge in [0.25, 0.3) is 11.8 Å². The summed E-state index contributed by atoms with van der Waals surface area (Å²) in [5.41, 5.74) is 0.684. The Morgan fingerprint density at radius 3 is 2.70 bits per heavy atom. The Balaban J connectivity index is 1.76. The van der Waals surface area contributed by atoms with Crippen molar-refractivity contribution in [1.29, 1.82) is 0 Å². The molecule has 1 aromatic heterocycles. The number of likely N-dealkylation sites (tertiary alicyclic amines) is 1. The molecule has 0 saturated carbocycles. The number of carboxylic acid groups (broad SMARTS) is 1. The minimum atomic E-state index is -1.02. The molecule has 1 fully saturated rings. The van der Waals surface area contributed by atoms with E-state index in [0.29, 0.717) is 18.7 Å². The van der Waals surface area contributed by atoms with Gasteiger partial charge < -0.3 is 15.3 Å². The maximum absolute atomic E-state index is 12.9. The van der Waals surface area contributed by atoms with E-state index >= 15 is 0 Å². The van der Waals surface area contributed by atoms with Crippen molar-refractivity contribution >= 4 is 23.5 Å². The number of amides is 2. The maximum Gasteiger partial charge on any atom is 0.326 e. The van der Waals surface area contributed by atoms with Crippen LogP contribution < -0.4 is 5.32 Å². The third kappa shape index (κ3) is 4.28. The van der Waals surface area contributed by atoms with Crippen LogP contribution in [0, 0.1) is 5.82 Å². The standard InChI is InChI=1S/C19H18FN3O4/c20-13-7-8-15(21-11-13)17(24)22-14-5-3-4-12(10-14)18(25)23-9-2-1-6-16(23)19(26)27/h3-5,7-8,10-11,16H,1-2,6,9H2,(H,22,24)(H,26,27). The van der Waals surface area contributed by atoms with E-state index in [1.54, 1.807) is 18.2 Å². The molecule has 2 N–H and O–H groups in total. The predicted molar refractivity (Wildman–Crippen MR) is 94.9 cm³/mol. The monoisotopic (exact) mass is 371 g/mol. The Hall–Kier alpha value is -3.29. The summed E-state index contributed by atoms with van der Waals surface area (Å²) in [4.78, 5) is 41.4. The molecule has 1 aromatic carbocycles. The highest BCUT2D eigenvalue weighted by atomic mass is 19.1. The van der Waals surface area contributed by atoms with Crippen LogP contribution in [0.15, 0.2) is 42.6 Å². The first kappa shape index (κ1) is 18.5. The summed E-state index contributed by atoms with van der Waals surface area (Å²) in [6, 6.07) is 7.80. The number of pyridine rings is 1. The van der Waals surface area contributed by atoms with E-state index in [1.165, 1.54) is 17.0 Å². The van der Waals surface area contributed by atoms with Gasteiger partial charge in [-0.05, 0) is 49.6 Å². The highest BCUT2D eigenvalue weighted by Gasteiger charge is 2.32. The molecular formula is C19H18FN3O4. The van der Waals surface area contributed by atoms with E-state index < -0.39 is 29.6 Å². The molecule has 1 atom stereocenters. The molecule has 0 radical (unpaired) electrons. The second-order valence-corrected chi connectivity index (χ2v) is 6.24. The van der Waals surface area contributed by atoms with Crippen molar-refractivity contribution < 1.29 is 23.9 Å². The molecule has 0 bridgehead atoms. The minimum Gasteiger partial charge on any atom is -0.480 e. The number of aliphatic carboxylic acids is 1. The number of anilines is 1. The van der Waals surface area contributed by atoms with Gasteiger partial charge in [-0.15, -0.1) is 0 Å². The van der Waals surface area contributed by atoms with Crippen molar-refractivity contribution in [1.82, 2.24) is 9.88 Å². The average Bonchev–Trinajstić information content (AvgIpc) is 2.68. The molecule has 7 nitrogen and oxygen atoms in total. The highest BCUT2D eigenvalue weighted by molar-refractivity contribution is 6.04. The quantitative estimate of drug-likeness (QED) is 0.860. The van der Waals surface area contributed by atoms with Crippen molar-refractivity contribution in [2.24, 2.45) is 0 Å². The Bertz CT molecular complexity index is 870. The van der Waals surface area contributed by atoms with Crippen molar-refractivity contribution in [2.45, 2.75) is 25.3 Å². The zero-order valence-electron chi connectivity index (χ0n) is 14.4. The maximum atomic E-state index is 12.9. The Kier molecular flexibility index (Phi) is 5.44. The second-order valence-electron chi connectivity index (χ2n) is 6.24. The number of hydrogen-bond donors (Lipinski definition) is 2. The third-order valence-corrected chi connectivity index (χ3v) is 4.38. The first-order valence-electron chi connectivity index (χ1n) is 8.52. The third-order valence-electron chi connectivity index (χ3n) is 4.38. The SMILES string of the molecule is O=C(Nc1cccc(C(=O)N2CCCCC2C(=O)O)c1)c1ccc(F)cn1. The van der Waals surface area contributed by atoms with Crippen LogP contribution in [-0.2, 0) is 4.79 Å². The predicted octanol–water partition coefficient (Wildman–Crippen LogP) is 2.55. The van der Waals surface area contributed by atoms with Crippen LogP contribution >= 0.6 is 0 Å². The van der Waals surface area contributed by atoms with E-state index in [1.807, 2.05) is 0 Å². The smallest absolute Gasteiger partial charge is 0.326 e. The van der Waals surface area contributed by atoms with Gasteiger partial charge in [-0.3, -0.25) is 9.59 Å². The number of nitrogens with one attached hydrogen (secondary N) is 1. The molecule has 1 aliphatic rings. The molecule has 2 heterocycles. The fourth-order valence-corrected chi connectivity index (χ4v) is 3.03. The van der Waals surface area contributed by atoms with Crippen LogP contribution in [0.25, 0.3) is 0 Å². The van der Waals surface area contributed by atoms with Crippen LogP contribution in [0.3, 0.4) is 0 Å². The Morgan fingerprint density at radius 1 is 1.19 bits per heavy atom. The van der Waals surface area contributed by atoms with Crippen LogP contribution in [-0.4, -0.2) is 45.4 Å². The molecule has 1 saturated heterocycles. The summed E-state index contributed by atoms with van der Waals surface area (Å²) < 4.78 is 12.9. The molecule has 1 unspecified atom stereocenters. The number of carbonyl (C=O) groups excluding carboxylic acids is 2. The van der Waals surface area contributed by atoms with E-state index in [9.17, 15) is 23.9 Å². The minimum absolute atomic E-state index is 0.0371. The van der Waals surface area contributed by atoms with Gasteiger partial charge in [-0.25, -0.2) is 14.2 Å². The summed E-state index contributed by atoms with van der Waals surface area (Å²) in [6.07, 6.45) is 2.88. The van der Waals surface area contributed by atoms with Crippen molar-refractivity contribution in [2.75, 3.05) is 11.9 Å². The molecule has 1 aliphatic heterocycles. The number of benzene rings is 1. The number of halogens is 1. The van der Waals surface area contributed by atoms with Crippen molar-refractivity contribution in [3.8, 4) is 0 Å². The summed E-state index contributed by atoms with van der Waals surface area (Å²) >= 11 is 0. The molecule has 2 aromatic rings. The number of carbonyl (C=O) groups is 3. The highest BCUT2D eigenvalue weighted by Crippen LogP contribution is 2.21. The summed E-state index contributed by atoms with van der Waals surface area (Å²) in [7, 11) is 0. The van der Waals surface area contributed by atoms with E-state index in [2.05, 4.69) is 10.3 Å². The molecule has 27 heavy (non-hydrogen) atoms. The first-order chi connectivity index (χ1) is 13.0. The van der Waals surface area contributed by atoms with Gasteiger partial charge in [0.1, 0.15) is 17.6 Å². The van der Waals surface area contributed by atoms with Crippen molar-refractivity contribution in [3.05, 3.63) is 59.7 Å². The summed E-state index contributed by atoms with van der Waals surface area (Å²) in [6.45, 7) is 0.381. The normalized spacial score (nSPS) is 16.6. The number of aromatic nitrogens is 1. The number of piperidine rings is 1. The van der Waals surface area contributed by atoms with Crippen LogP contribution in [0.2, 0.25) is 0 Å². The second kappa shape index (κ2) is 7.94. The van der Waals surface area contributed by atoms with Gasteiger partial charge in [0.05, 0.1) is 6.20 Å². The molecule has 3 rings (SSSR count).